The van der Waals surface area contributed by atoms with Crippen molar-refractivity contribution in [2.45, 2.75) is 25.4 Å². The number of carbonyl (C=O) groups excluding carboxylic acids is 1. The van der Waals surface area contributed by atoms with Crippen molar-refractivity contribution in [2.24, 2.45) is 5.73 Å². The van der Waals surface area contributed by atoms with E-state index in [4.69, 9.17) is 16.7 Å². The maximum Gasteiger partial charge on any atom is 0.274 e. The number of anilines is 2. The first-order valence-electron chi connectivity index (χ1n) is 16.3. The molecule has 2 aliphatic heterocycles. The lowest BCUT2D eigenvalue weighted by molar-refractivity contribution is 0.102. The van der Waals surface area contributed by atoms with Crippen LogP contribution in [0.15, 0.2) is 55.0 Å². The lowest BCUT2D eigenvalue weighted by Gasteiger charge is -2.30. The Balaban J connectivity index is 1.22. The highest BCUT2D eigenvalue weighted by Gasteiger charge is 2.19. The number of H-pyrrole nitrogens is 1. The Morgan fingerprint density at radius 2 is 2.00 bits per heavy atom. The first-order valence-corrected chi connectivity index (χ1v) is 12.3. The van der Waals surface area contributed by atoms with Crippen LogP contribution in [0.3, 0.4) is 0 Å². The predicted octanol–water partition coefficient (Wildman–Crippen LogP) is 3.03. The number of piperidine rings is 1. The van der Waals surface area contributed by atoms with Crippen LogP contribution in [0.25, 0.3) is 22.3 Å². The van der Waals surface area contributed by atoms with Crippen LogP contribution in [0.2, 0.25) is 0 Å². The van der Waals surface area contributed by atoms with Crippen molar-refractivity contribution < 1.29 is 20.5 Å². The molecule has 0 saturated carbocycles. The Bertz CT molecular complexity index is 1740. The number of pyridine rings is 1. The molecule has 0 unspecified atom stereocenters. The number of nitrogens with zero attached hydrogens (tertiary/aromatic N) is 5. The van der Waals surface area contributed by atoms with Gasteiger partial charge in [-0.05, 0) is 60.8 Å². The Kier molecular flexibility index (Phi) is 4.82. The van der Waals surface area contributed by atoms with Crippen LogP contribution in [0.1, 0.15) is 39.9 Å². The minimum Gasteiger partial charge on any atom is -0.378 e. The molecule has 0 aliphatic carbocycles. The number of nitrogens with one attached hydrogen (secondary N) is 2. The zero-order valence-corrected chi connectivity index (χ0v) is 20.4. The molecule has 1 amide bonds. The summed E-state index contributed by atoms with van der Waals surface area (Å²) >= 11 is 0. The van der Waals surface area contributed by atoms with Gasteiger partial charge in [-0.1, -0.05) is 12.1 Å². The van der Waals surface area contributed by atoms with Gasteiger partial charge in [0.2, 0.25) is 0 Å². The predicted molar refractivity (Wildman–Crippen MR) is 147 cm³/mol. The van der Waals surface area contributed by atoms with E-state index in [0.717, 1.165) is 37.8 Å². The number of likely N-dealkylation sites (tertiary alicyclic amines) is 1. The number of rotatable bonds is 6. The van der Waals surface area contributed by atoms with Crippen molar-refractivity contribution in [3.63, 3.8) is 0 Å². The van der Waals surface area contributed by atoms with Crippen LogP contribution in [0.4, 0.5) is 11.5 Å². The first-order chi connectivity index (χ1) is 21.6. The van der Waals surface area contributed by atoms with Gasteiger partial charge in [0.15, 0.2) is 0 Å². The molecule has 3 aromatic heterocycles. The molecule has 4 aromatic rings. The fourth-order valence-electron chi connectivity index (χ4n) is 4.67. The van der Waals surface area contributed by atoms with Gasteiger partial charge in [-0.2, -0.15) is 0 Å². The maximum atomic E-state index is 13.0. The largest absolute Gasteiger partial charge is 0.378 e. The van der Waals surface area contributed by atoms with Crippen molar-refractivity contribution in [3.8, 4) is 11.3 Å². The van der Waals surface area contributed by atoms with Gasteiger partial charge in [0, 0.05) is 49.7 Å². The summed E-state index contributed by atoms with van der Waals surface area (Å²) in [5.74, 6) is -0.732. The zero-order chi connectivity index (χ0) is 33.1. The van der Waals surface area contributed by atoms with Gasteiger partial charge in [-0.15, -0.1) is 0 Å². The van der Waals surface area contributed by atoms with E-state index in [1.807, 2.05) is 6.07 Å². The number of hydrogen-bond acceptors (Lipinski definition) is 8. The van der Waals surface area contributed by atoms with E-state index in [1.165, 1.54) is 6.07 Å². The summed E-state index contributed by atoms with van der Waals surface area (Å²) in [6, 6.07) is 12.2. The van der Waals surface area contributed by atoms with Gasteiger partial charge in [0.25, 0.3) is 5.91 Å². The summed E-state index contributed by atoms with van der Waals surface area (Å²) in [4.78, 5) is 31.1. The van der Waals surface area contributed by atoms with E-state index in [0.29, 0.717) is 28.4 Å². The highest BCUT2D eigenvalue weighted by atomic mass is 16.5. The molecule has 5 heterocycles. The molecule has 4 N–H and O–H groups in total. The van der Waals surface area contributed by atoms with Crippen molar-refractivity contribution in [3.05, 3.63) is 66.2 Å². The summed E-state index contributed by atoms with van der Waals surface area (Å²) < 4.78 is 70.2. The van der Waals surface area contributed by atoms with Gasteiger partial charge < -0.3 is 25.7 Å². The third-order valence-corrected chi connectivity index (χ3v) is 6.49. The average Bonchev–Trinajstić information content (AvgIpc) is 3.42. The number of carbonyl (C=O) groups is 1. The van der Waals surface area contributed by atoms with E-state index in [1.54, 1.807) is 36.5 Å². The molecule has 10 heteroatoms. The third-order valence-electron chi connectivity index (χ3n) is 6.49. The molecule has 2 aliphatic rings. The summed E-state index contributed by atoms with van der Waals surface area (Å²) in [7, 11) is 0. The second-order valence-electron chi connectivity index (χ2n) is 9.23. The molecule has 38 heavy (non-hydrogen) atoms. The van der Waals surface area contributed by atoms with Gasteiger partial charge in [0.05, 0.1) is 29.5 Å². The van der Waals surface area contributed by atoms with E-state index in [-0.39, 0.29) is 34.5 Å². The molecule has 1 atom stereocenters. The minimum absolute atomic E-state index is 0.133. The number of amides is 1. The zero-order valence-electron chi connectivity index (χ0n) is 28.4. The second kappa shape index (κ2) is 10.9. The highest BCUT2D eigenvalue weighted by Crippen LogP contribution is 2.29. The standard InChI is InChI=1S/C28H32N8O2/c29-21-2-1-9-35(17-21)16-19-7-8-30-25(14-19)28(37)33-22-5-3-20(4-6-22)24-15-23-26(34-24)31-18-32-27(23)36-10-12-38-13-11-36/h3-8,14-15,18,21H,1-2,9-13,16-17,29H2,(H,33,37)(H,31,32,34)/t21-/m1/s1/i10D2,11D2,12D2,13D2. The molecular formula is C28H32N8O2. The fourth-order valence-corrected chi connectivity index (χ4v) is 4.67. The van der Waals surface area contributed by atoms with Crippen LogP contribution in [-0.4, -0.2) is 76.0 Å². The quantitative estimate of drug-likeness (QED) is 0.354. The number of aromatic nitrogens is 4. The van der Waals surface area contributed by atoms with E-state index >= 15 is 0 Å². The van der Waals surface area contributed by atoms with E-state index < -0.39 is 26.1 Å². The molecule has 2 fully saturated rings. The Morgan fingerprint density at radius 1 is 1.16 bits per heavy atom. The monoisotopic (exact) mass is 520 g/mol. The average molecular weight is 521 g/mol. The number of hydrogen-bond donors (Lipinski definition) is 3. The smallest absolute Gasteiger partial charge is 0.274 e. The van der Waals surface area contributed by atoms with E-state index in [2.05, 4.69) is 34.9 Å². The lowest BCUT2D eigenvalue weighted by atomic mass is 10.1. The summed E-state index contributed by atoms with van der Waals surface area (Å²) in [6.07, 6.45) is 4.72. The van der Waals surface area contributed by atoms with Crippen molar-refractivity contribution in [1.82, 2.24) is 24.8 Å². The topological polar surface area (TPSA) is 125 Å². The molecule has 0 bridgehead atoms. The highest BCUT2D eigenvalue weighted by molar-refractivity contribution is 6.03. The number of benzene rings is 1. The normalized spacial score (nSPS) is 27.0. The summed E-state index contributed by atoms with van der Waals surface area (Å²) in [5, 5.41) is 2.98. The molecule has 10 nitrogen and oxygen atoms in total. The van der Waals surface area contributed by atoms with Crippen molar-refractivity contribution >= 4 is 28.4 Å². The molecular weight excluding hydrogens is 480 g/mol. The minimum atomic E-state index is -3.23. The molecule has 6 rings (SSSR count). The van der Waals surface area contributed by atoms with Gasteiger partial charge >= 0.3 is 0 Å². The number of morpholine rings is 1. The molecule has 1 aromatic carbocycles. The van der Waals surface area contributed by atoms with Gasteiger partial charge in [-0.25, -0.2) is 9.97 Å². The molecule has 196 valence electrons. The summed E-state index contributed by atoms with van der Waals surface area (Å²) in [5.41, 5.74) is 9.18. The Hall–Kier alpha value is -3.86. The lowest BCUT2D eigenvalue weighted by Crippen LogP contribution is -2.42. The van der Waals surface area contributed by atoms with E-state index in [9.17, 15) is 4.79 Å². The van der Waals surface area contributed by atoms with Gasteiger partial charge in [-0.3, -0.25) is 14.7 Å². The molecule has 0 spiro atoms. The second-order valence-corrected chi connectivity index (χ2v) is 9.23. The number of aromatic amines is 1. The van der Waals surface area contributed by atoms with Crippen molar-refractivity contribution in [1.29, 1.82) is 0 Å². The number of fused-ring (bicyclic) bond motifs is 1. The maximum absolute atomic E-state index is 13.0. The Labute approximate surface area is 232 Å². The van der Waals surface area contributed by atoms with Crippen LogP contribution in [-0.2, 0) is 11.3 Å². The van der Waals surface area contributed by atoms with Crippen LogP contribution >= 0.6 is 0 Å². The third kappa shape index (κ3) is 5.38. The van der Waals surface area contributed by atoms with Gasteiger partial charge in [0.1, 0.15) is 23.5 Å². The number of ether oxygens (including phenoxy) is 1. The molecule has 0 radical (unpaired) electrons. The van der Waals surface area contributed by atoms with Crippen LogP contribution in [0, 0.1) is 0 Å². The fraction of sp³-hybridized carbons (Fsp3) is 0.357. The molecule has 2 saturated heterocycles. The van der Waals surface area contributed by atoms with Crippen molar-refractivity contribution in [2.75, 3.05) is 49.4 Å². The van der Waals surface area contributed by atoms with Crippen LogP contribution < -0.4 is 16.0 Å². The number of nitrogens with two attached hydrogens (primary N) is 1. The first kappa shape index (κ1) is 16.9. The van der Waals surface area contributed by atoms with Crippen LogP contribution in [0.5, 0.6) is 0 Å². The summed E-state index contributed by atoms with van der Waals surface area (Å²) in [6.45, 7) is -10.3. The SMILES string of the molecule is [2H]C1([2H])OC([2H])([2H])C([2H])([2H])N(c2ncnc3[nH]c(-c4ccc(NC(=O)c5cc(CN6CCC[C@@H](N)C6)ccn5)cc4)cc23)C1([2H])[2H]. The Morgan fingerprint density at radius 3 is 2.82 bits per heavy atom.